The second-order valence-electron chi connectivity index (χ2n) is 6.18. The van der Waals surface area contributed by atoms with Gasteiger partial charge in [-0.15, -0.1) is 0 Å². The molecule has 0 fully saturated rings. The molecule has 9 heteroatoms. The first-order valence-corrected chi connectivity index (χ1v) is 12.7. The average molecular weight is 623 g/mol. The zero-order valence-corrected chi connectivity index (χ0v) is 21.0. The van der Waals surface area contributed by atoms with E-state index in [0.29, 0.717) is 0 Å². The van der Waals surface area contributed by atoms with Crippen LogP contribution in [0.4, 0.5) is 0 Å². The normalized spacial score (nSPS) is 9.25. The fraction of sp³-hybridized carbons (Fsp3) is 0.0870. The number of rotatable bonds is 2. The summed E-state index contributed by atoms with van der Waals surface area (Å²) in [5.74, 6) is 1.80. The maximum atomic E-state index is 4.67. The third-order valence-electron chi connectivity index (χ3n) is 4.00. The van der Waals surface area contributed by atoms with E-state index in [2.05, 4.69) is 34.6 Å². The van der Waals surface area contributed by atoms with E-state index in [1.54, 1.807) is 37.2 Å². The minimum absolute atomic E-state index is 0.899. The largest absolute Gasteiger partial charge is 0.265 e. The molecule has 0 spiro atoms. The molecule has 0 radical (unpaired) electrons. The van der Waals surface area contributed by atoms with E-state index in [-0.39, 0.29) is 0 Å². The first-order valence-electron chi connectivity index (χ1n) is 9.51. The van der Waals surface area contributed by atoms with Crippen molar-refractivity contribution in [1.82, 2.24) is 34.1 Å². The molecule has 0 aliphatic carbocycles. The molecular weight excluding hydrogens is 600 g/mol. The van der Waals surface area contributed by atoms with Crippen LogP contribution in [-0.2, 0) is 31.7 Å². The molecule has 0 aliphatic heterocycles. The zero-order valence-electron chi connectivity index (χ0n) is 17.7. The molecule has 5 rings (SSSR count). The number of pyridine rings is 3. The number of aryl methyl sites for hydroxylation is 2. The van der Waals surface area contributed by atoms with Gasteiger partial charge in [0.2, 0.25) is 0 Å². The Morgan fingerprint density at radius 3 is 1.25 bits per heavy atom. The molecule has 7 nitrogen and oxygen atoms in total. The molecule has 5 heterocycles. The van der Waals surface area contributed by atoms with Crippen LogP contribution in [-0.4, -0.2) is 34.1 Å². The van der Waals surface area contributed by atoms with Gasteiger partial charge in [-0.05, 0) is 36.4 Å². The van der Waals surface area contributed by atoms with Crippen LogP contribution >= 0.6 is 9.64 Å². The molecule has 0 aromatic carbocycles. The first-order chi connectivity index (χ1) is 15.8. The Bertz CT molecular complexity index is 1010. The van der Waals surface area contributed by atoms with Gasteiger partial charge in [0.15, 0.2) is 11.6 Å². The maximum Gasteiger partial charge on any atom is 0.0267 e. The van der Waals surface area contributed by atoms with Crippen LogP contribution < -0.4 is 0 Å². The third-order valence-corrected chi connectivity index (χ3v) is 4.00. The quantitative estimate of drug-likeness (QED) is 0.285. The Balaban J connectivity index is 0.000000172. The van der Waals surface area contributed by atoms with Gasteiger partial charge < -0.3 is 9.13 Å². The number of aromatic nitrogens is 7. The summed E-state index contributed by atoms with van der Waals surface area (Å²) in [6.45, 7) is 0. The van der Waals surface area contributed by atoms with Crippen molar-refractivity contribution >= 4 is 9.64 Å². The molecule has 0 N–H and O–H groups in total. The predicted octanol–water partition coefficient (Wildman–Crippen LogP) is 4.73. The smallest absolute Gasteiger partial charge is 0.0267 e. The van der Waals surface area contributed by atoms with Crippen LogP contribution in [0, 0.1) is 0 Å². The van der Waals surface area contributed by atoms with E-state index in [4.69, 9.17) is 0 Å². The Hall–Kier alpha value is -3.20. The molecule has 0 atom stereocenters. The van der Waals surface area contributed by atoms with Gasteiger partial charge in [-0.3, -0.25) is 15.0 Å². The molecule has 5 aromatic heterocycles. The predicted molar refractivity (Wildman–Crippen MR) is 123 cm³/mol. The first kappa shape index (κ1) is 25.1. The average Bonchev–Trinajstić information content (AvgIpc) is 3.51. The number of hydrogen-bond acceptors (Lipinski definition) is 5. The van der Waals surface area contributed by atoms with Crippen molar-refractivity contribution in [2.75, 3.05) is 0 Å². The van der Waals surface area contributed by atoms with Gasteiger partial charge in [-0.1, -0.05) is 18.2 Å². The Morgan fingerprint density at radius 1 is 0.562 bits per heavy atom. The summed E-state index contributed by atoms with van der Waals surface area (Å²) in [5.41, 5.74) is 1.81. The molecule has 5 aromatic rings. The van der Waals surface area contributed by atoms with Gasteiger partial charge in [0.25, 0.3) is 0 Å². The fourth-order valence-electron chi connectivity index (χ4n) is 2.53. The minimum atomic E-state index is 0.899. The van der Waals surface area contributed by atoms with Gasteiger partial charge in [-0.25, -0.2) is 9.97 Å². The van der Waals surface area contributed by atoms with Crippen molar-refractivity contribution in [2.45, 2.75) is 0 Å². The van der Waals surface area contributed by atoms with E-state index >= 15 is 0 Å². The molecule has 0 amide bonds. The summed E-state index contributed by atoms with van der Waals surface area (Å²) in [6.07, 6.45) is 14.4. The van der Waals surface area contributed by atoms with Gasteiger partial charge in [0.05, 0.1) is 0 Å². The van der Waals surface area contributed by atoms with Crippen molar-refractivity contribution < 1.29 is 17.6 Å². The van der Waals surface area contributed by atoms with Crippen LogP contribution in [0.25, 0.3) is 23.0 Å². The van der Waals surface area contributed by atoms with Gasteiger partial charge in [0, 0.05) is 63.7 Å². The molecule has 0 aliphatic rings. The summed E-state index contributed by atoms with van der Waals surface area (Å²) in [6, 6.07) is 17.3. The van der Waals surface area contributed by atoms with E-state index < -0.39 is 0 Å². The summed E-state index contributed by atoms with van der Waals surface area (Å²) in [7, 11) is 8.58. The van der Waals surface area contributed by atoms with Crippen LogP contribution in [0.1, 0.15) is 0 Å². The van der Waals surface area contributed by atoms with Crippen LogP contribution in [0.2, 0.25) is 0 Å². The monoisotopic (exact) mass is 624 g/mol. The number of hydrogen-bond donors (Lipinski definition) is 0. The molecule has 165 valence electrons. The zero-order chi connectivity index (χ0) is 23.0. The van der Waals surface area contributed by atoms with Crippen molar-refractivity contribution in [3.8, 4) is 23.0 Å². The van der Waals surface area contributed by atoms with Crippen molar-refractivity contribution in [2.24, 2.45) is 14.1 Å². The molecule has 0 unspecified atom stereocenters. The van der Waals surface area contributed by atoms with Crippen LogP contribution in [0.15, 0.2) is 104 Å². The molecule has 0 saturated carbocycles. The van der Waals surface area contributed by atoms with Gasteiger partial charge >= 0.3 is 27.2 Å². The summed E-state index contributed by atoms with van der Waals surface area (Å²) in [4.78, 5) is 20.6. The molecule has 0 saturated heterocycles. The Morgan fingerprint density at radius 2 is 1.00 bits per heavy atom. The van der Waals surface area contributed by atoms with E-state index in [0.717, 1.165) is 23.0 Å². The van der Waals surface area contributed by atoms with Gasteiger partial charge in [0.1, 0.15) is 11.4 Å². The Labute approximate surface area is 202 Å². The summed E-state index contributed by atoms with van der Waals surface area (Å²) >= 11 is 1.33. The van der Waals surface area contributed by atoms with E-state index in [9.17, 15) is 0 Å². The van der Waals surface area contributed by atoms with E-state index in [1.807, 2.05) is 90.2 Å². The molecule has 0 bridgehead atoms. The summed E-state index contributed by atoms with van der Waals surface area (Å²) < 4.78 is 3.89. The fourth-order valence-corrected chi connectivity index (χ4v) is 2.53. The van der Waals surface area contributed by atoms with Crippen LogP contribution in [0.3, 0.4) is 0 Å². The Kier molecular flexibility index (Phi) is 11.5. The number of halogens is 1. The van der Waals surface area contributed by atoms with Crippen molar-refractivity contribution in [3.63, 3.8) is 0 Å². The van der Waals surface area contributed by atoms with Crippen molar-refractivity contribution in [1.29, 1.82) is 0 Å². The maximum absolute atomic E-state index is 4.67. The standard InChI is InChI=1S/2C9H9N3.C5H5N.ClH.Os/c2*1-12-7-6-11-9(12)8-4-2-3-5-10-8;1-2-4-6-5-3-1;;/h2*2-7H,1H3;1-5H;1H;/q;;;;+1/p-1. The minimum Gasteiger partial charge on any atom is -0.265 e. The van der Waals surface area contributed by atoms with E-state index in [1.165, 1.54) is 17.6 Å². The molecular formula is C23H23ClN7Os. The molecule has 32 heavy (non-hydrogen) atoms. The second kappa shape index (κ2) is 14.7. The topological polar surface area (TPSA) is 74.3 Å². The second-order valence-corrected chi connectivity index (χ2v) is 6.18. The number of nitrogens with zero attached hydrogens (tertiary/aromatic N) is 7. The van der Waals surface area contributed by atoms with Crippen LogP contribution in [0.5, 0.6) is 0 Å². The summed E-state index contributed by atoms with van der Waals surface area (Å²) in [5, 5.41) is 0. The van der Waals surface area contributed by atoms with Gasteiger partial charge in [-0.2, -0.15) is 0 Å². The number of imidazole rings is 2. The van der Waals surface area contributed by atoms with Crippen molar-refractivity contribution in [3.05, 3.63) is 104 Å². The third kappa shape index (κ3) is 8.14. The SMILES string of the molecule is Cn1ccnc1-c1ccccn1.Cn1ccnc1-c1ccccn1.[Cl][Os].c1ccncc1.